The molecule has 1 amide bonds. The summed E-state index contributed by atoms with van der Waals surface area (Å²) < 4.78 is 18.4. The van der Waals surface area contributed by atoms with Crippen molar-refractivity contribution in [2.24, 2.45) is 0 Å². The van der Waals surface area contributed by atoms with Gasteiger partial charge in [-0.05, 0) is 35.9 Å². The zero-order valence-electron chi connectivity index (χ0n) is 15.0. The van der Waals surface area contributed by atoms with Crippen LogP contribution in [0.1, 0.15) is 5.56 Å². The van der Waals surface area contributed by atoms with E-state index in [4.69, 9.17) is 4.74 Å². The number of ether oxygens (including phenoxy) is 1. The zero-order valence-corrected chi connectivity index (χ0v) is 15.0. The normalized spacial score (nSPS) is 15.6. The lowest BCUT2D eigenvalue weighted by molar-refractivity contribution is -0.117. The largest absolute Gasteiger partial charge is 0.497 e. The average molecular weight is 357 g/mol. The number of amides is 1. The van der Waals surface area contributed by atoms with Crippen molar-refractivity contribution in [1.82, 2.24) is 9.80 Å². The van der Waals surface area contributed by atoms with Crippen molar-refractivity contribution < 1.29 is 13.9 Å². The number of methoxy groups -OCH3 is 1. The topological polar surface area (TPSA) is 44.8 Å². The third-order valence-corrected chi connectivity index (χ3v) is 4.48. The van der Waals surface area contributed by atoms with Crippen LogP contribution in [0.25, 0.3) is 0 Å². The molecule has 0 unspecified atom stereocenters. The van der Waals surface area contributed by atoms with E-state index in [1.807, 2.05) is 12.1 Å². The maximum absolute atomic E-state index is 13.2. The van der Waals surface area contributed by atoms with Crippen LogP contribution in [0.4, 0.5) is 10.1 Å². The maximum Gasteiger partial charge on any atom is 0.238 e. The molecule has 138 valence electrons. The van der Waals surface area contributed by atoms with Gasteiger partial charge in [-0.25, -0.2) is 4.39 Å². The van der Waals surface area contributed by atoms with E-state index in [9.17, 15) is 9.18 Å². The highest BCUT2D eigenvalue weighted by Gasteiger charge is 2.19. The van der Waals surface area contributed by atoms with Crippen molar-refractivity contribution in [2.75, 3.05) is 45.2 Å². The summed E-state index contributed by atoms with van der Waals surface area (Å²) in [6, 6.07) is 14.1. The van der Waals surface area contributed by atoms with Crippen LogP contribution in [-0.4, -0.2) is 55.5 Å². The first-order valence-electron chi connectivity index (χ1n) is 8.75. The molecule has 5 nitrogen and oxygen atoms in total. The molecular formula is C20H24FN3O2. The Labute approximate surface area is 153 Å². The molecule has 0 bridgehead atoms. The minimum atomic E-state index is -0.353. The molecule has 0 saturated carbocycles. The van der Waals surface area contributed by atoms with Gasteiger partial charge in [0.1, 0.15) is 11.6 Å². The molecule has 1 heterocycles. The second-order valence-electron chi connectivity index (χ2n) is 6.46. The van der Waals surface area contributed by atoms with Crippen LogP contribution in [0.5, 0.6) is 5.75 Å². The number of benzene rings is 2. The van der Waals surface area contributed by atoms with Gasteiger partial charge in [-0.1, -0.05) is 18.2 Å². The molecule has 0 aliphatic carbocycles. The number of piperazine rings is 1. The van der Waals surface area contributed by atoms with Crippen molar-refractivity contribution in [1.29, 1.82) is 0 Å². The van der Waals surface area contributed by atoms with E-state index in [0.717, 1.165) is 38.5 Å². The predicted molar refractivity (Wildman–Crippen MR) is 99.7 cm³/mol. The SMILES string of the molecule is COc1cccc(CN2CCN(CC(=O)Nc3cccc(F)c3)CC2)c1. The van der Waals surface area contributed by atoms with E-state index in [1.165, 1.54) is 17.7 Å². The molecule has 2 aromatic rings. The van der Waals surface area contributed by atoms with Crippen molar-refractivity contribution >= 4 is 11.6 Å². The fourth-order valence-corrected chi connectivity index (χ4v) is 3.10. The summed E-state index contributed by atoms with van der Waals surface area (Å²) in [6.45, 7) is 4.68. The molecule has 1 saturated heterocycles. The Morgan fingerprint density at radius 1 is 1.08 bits per heavy atom. The number of nitrogens with zero attached hydrogens (tertiary/aromatic N) is 2. The van der Waals surface area contributed by atoms with Gasteiger partial charge in [0.15, 0.2) is 0 Å². The summed E-state index contributed by atoms with van der Waals surface area (Å²) in [5.41, 5.74) is 1.72. The van der Waals surface area contributed by atoms with Crippen molar-refractivity contribution in [3.63, 3.8) is 0 Å². The Bertz CT molecular complexity index is 745. The van der Waals surface area contributed by atoms with E-state index in [0.29, 0.717) is 12.2 Å². The summed E-state index contributed by atoms with van der Waals surface area (Å²) in [4.78, 5) is 16.6. The zero-order chi connectivity index (χ0) is 18.4. The van der Waals surface area contributed by atoms with Gasteiger partial charge in [0.2, 0.25) is 5.91 Å². The summed E-state index contributed by atoms with van der Waals surface area (Å²) in [5, 5.41) is 2.75. The molecule has 1 fully saturated rings. The molecule has 2 aromatic carbocycles. The van der Waals surface area contributed by atoms with Gasteiger partial charge in [0.05, 0.1) is 13.7 Å². The van der Waals surface area contributed by atoms with Crippen molar-refractivity contribution in [3.05, 3.63) is 59.9 Å². The summed E-state index contributed by atoms with van der Waals surface area (Å²) in [5.74, 6) is 0.404. The Hall–Kier alpha value is -2.44. The average Bonchev–Trinajstić information content (AvgIpc) is 2.63. The highest BCUT2D eigenvalue weighted by Crippen LogP contribution is 2.15. The minimum absolute atomic E-state index is 0.114. The Morgan fingerprint density at radius 2 is 1.81 bits per heavy atom. The minimum Gasteiger partial charge on any atom is -0.497 e. The Balaban J connectivity index is 1.44. The number of carbonyl (C=O) groups excluding carboxylic acids is 1. The highest BCUT2D eigenvalue weighted by molar-refractivity contribution is 5.92. The van der Waals surface area contributed by atoms with Gasteiger partial charge in [-0.15, -0.1) is 0 Å². The molecule has 26 heavy (non-hydrogen) atoms. The van der Waals surface area contributed by atoms with Crippen LogP contribution in [0.15, 0.2) is 48.5 Å². The lowest BCUT2D eigenvalue weighted by Crippen LogP contribution is -2.48. The van der Waals surface area contributed by atoms with E-state index in [-0.39, 0.29) is 11.7 Å². The lowest BCUT2D eigenvalue weighted by atomic mass is 10.2. The van der Waals surface area contributed by atoms with Crippen LogP contribution in [-0.2, 0) is 11.3 Å². The van der Waals surface area contributed by atoms with Crippen LogP contribution < -0.4 is 10.1 Å². The third kappa shape index (κ3) is 5.28. The van der Waals surface area contributed by atoms with E-state index < -0.39 is 0 Å². The van der Waals surface area contributed by atoms with E-state index in [1.54, 1.807) is 19.2 Å². The van der Waals surface area contributed by atoms with Crippen molar-refractivity contribution in [3.8, 4) is 5.75 Å². The number of rotatable bonds is 6. The second kappa shape index (κ2) is 8.78. The van der Waals surface area contributed by atoms with Crippen LogP contribution >= 0.6 is 0 Å². The first kappa shape index (κ1) is 18.4. The summed E-state index contributed by atoms with van der Waals surface area (Å²) in [7, 11) is 1.67. The molecule has 6 heteroatoms. The fraction of sp³-hybridized carbons (Fsp3) is 0.350. The summed E-state index contributed by atoms with van der Waals surface area (Å²) >= 11 is 0. The number of anilines is 1. The number of hydrogen-bond acceptors (Lipinski definition) is 4. The van der Waals surface area contributed by atoms with Gasteiger partial charge in [-0.3, -0.25) is 14.6 Å². The molecule has 3 rings (SSSR count). The number of carbonyl (C=O) groups is 1. The molecule has 1 N–H and O–H groups in total. The van der Waals surface area contributed by atoms with Crippen LogP contribution in [0.2, 0.25) is 0 Å². The number of hydrogen-bond donors (Lipinski definition) is 1. The molecule has 0 spiro atoms. The smallest absolute Gasteiger partial charge is 0.238 e. The third-order valence-electron chi connectivity index (χ3n) is 4.48. The quantitative estimate of drug-likeness (QED) is 0.863. The fourth-order valence-electron chi connectivity index (χ4n) is 3.10. The summed E-state index contributed by atoms with van der Waals surface area (Å²) in [6.07, 6.45) is 0. The molecular weight excluding hydrogens is 333 g/mol. The molecule has 0 radical (unpaired) electrons. The van der Waals surface area contributed by atoms with Crippen molar-refractivity contribution in [2.45, 2.75) is 6.54 Å². The Morgan fingerprint density at radius 3 is 2.54 bits per heavy atom. The first-order chi connectivity index (χ1) is 12.6. The number of nitrogens with one attached hydrogen (secondary N) is 1. The Kier molecular flexibility index (Phi) is 6.20. The van der Waals surface area contributed by atoms with Crippen LogP contribution in [0.3, 0.4) is 0 Å². The molecule has 1 aliphatic rings. The first-order valence-corrected chi connectivity index (χ1v) is 8.75. The predicted octanol–water partition coefficient (Wildman–Crippen LogP) is 2.59. The van der Waals surface area contributed by atoms with Crippen LogP contribution in [0, 0.1) is 5.82 Å². The number of halogens is 1. The van der Waals surface area contributed by atoms with Gasteiger partial charge in [0.25, 0.3) is 0 Å². The monoisotopic (exact) mass is 357 g/mol. The van der Waals surface area contributed by atoms with E-state index in [2.05, 4.69) is 27.2 Å². The van der Waals surface area contributed by atoms with Gasteiger partial charge in [0, 0.05) is 38.4 Å². The van der Waals surface area contributed by atoms with E-state index >= 15 is 0 Å². The standard InChI is InChI=1S/C20H24FN3O2/c1-26-19-7-2-4-16(12-19)14-23-8-10-24(11-9-23)15-20(25)22-18-6-3-5-17(21)13-18/h2-7,12-13H,8-11,14-15H2,1H3,(H,22,25). The lowest BCUT2D eigenvalue weighted by Gasteiger charge is -2.34. The molecule has 1 aliphatic heterocycles. The van der Waals surface area contributed by atoms with Gasteiger partial charge >= 0.3 is 0 Å². The van der Waals surface area contributed by atoms with Gasteiger partial charge < -0.3 is 10.1 Å². The molecule has 0 aromatic heterocycles. The molecule has 0 atom stereocenters. The maximum atomic E-state index is 13.2. The second-order valence-corrected chi connectivity index (χ2v) is 6.46. The van der Waals surface area contributed by atoms with Gasteiger partial charge in [-0.2, -0.15) is 0 Å². The highest BCUT2D eigenvalue weighted by atomic mass is 19.1.